The highest BCUT2D eigenvalue weighted by Gasteiger charge is 2.20. The number of pyridine rings is 2. The van der Waals surface area contributed by atoms with E-state index in [1.165, 1.54) is 0 Å². The molecule has 0 spiro atoms. The van der Waals surface area contributed by atoms with Gasteiger partial charge < -0.3 is 9.97 Å². The molecule has 0 amide bonds. The Morgan fingerprint density at radius 2 is 1.13 bits per heavy atom. The lowest BCUT2D eigenvalue weighted by atomic mass is 9.94. The van der Waals surface area contributed by atoms with E-state index in [9.17, 15) is 9.59 Å². The van der Waals surface area contributed by atoms with E-state index in [4.69, 9.17) is 0 Å². The zero-order valence-electron chi connectivity index (χ0n) is 12.9. The second-order valence-electron chi connectivity index (χ2n) is 6.83. The maximum Gasteiger partial charge on any atom is 0.192 e. The molecule has 2 aliphatic carbocycles. The zero-order chi connectivity index (χ0) is 15.6. The molecule has 0 radical (unpaired) electrons. The molecule has 0 aliphatic heterocycles. The summed E-state index contributed by atoms with van der Waals surface area (Å²) in [5, 5.41) is 1.40. The van der Waals surface area contributed by atoms with E-state index in [1.807, 2.05) is 12.1 Å². The largest absolute Gasteiger partial charge is 0.358 e. The predicted molar refractivity (Wildman–Crippen MR) is 91.4 cm³/mol. The van der Waals surface area contributed by atoms with E-state index in [1.54, 1.807) is 0 Å². The highest BCUT2D eigenvalue weighted by molar-refractivity contribution is 5.95. The minimum atomic E-state index is 0.131. The van der Waals surface area contributed by atoms with Gasteiger partial charge in [-0.2, -0.15) is 0 Å². The fraction of sp³-hybridized carbons (Fsp3) is 0.368. The van der Waals surface area contributed by atoms with Crippen molar-refractivity contribution in [1.29, 1.82) is 0 Å². The van der Waals surface area contributed by atoms with Gasteiger partial charge in [0.25, 0.3) is 0 Å². The Bertz CT molecular complexity index is 1090. The molecule has 2 aliphatic rings. The molecule has 2 N–H and O–H groups in total. The van der Waals surface area contributed by atoms with Crippen LogP contribution in [0.3, 0.4) is 0 Å². The SMILES string of the molecule is O=c1c2c([nH]c3cc4c(=O)c5c([nH]c4cc13)CCC5)CCCC2. The number of aromatic amines is 2. The van der Waals surface area contributed by atoms with Crippen LogP contribution < -0.4 is 10.9 Å². The van der Waals surface area contributed by atoms with Crippen molar-refractivity contribution >= 4 is 21.8 Å². The second-order valence-corrected chi connectivity index (χ2v) is 6.83. The lowest BCUT2D eigenvalue weighted by molar-refractivity contribution is 0.668. The van der Waals surface area contributed by atoms with E-state index >= 15 is 0 Å². The summed E-state index contributed by atoms with van der Waals surface area (Å²) in [6.45, 7) is 0. The molecule has 4 nitrogen and oxygen atoms in total. The number of H-pyrrole nitrogens is 2. The topological polar surface area (TPSA) is 65.7 Å². The van der Waals surface area contributed by atoms with Gasteiger partial charge in [-0.15, -0.1) is 0 Å². The molecule has 4 heteroatoms. The first-order valence-electron chi connectivity index (χ1n) is 8.48. The molecular formula is C19H18N2O2. The molecule has 1 aromatic carbocycles. The number of aryl methyl sites for hydroxylation is 2. The van der Waals surface area contributed by atoms with Crippen LogP contribution in [0, 0.1) is 0 Å². The summed E-state index contributed by atoms with van der Waals surface area (Å²) in [6, 6.07) is 3.75. The van der Waals surface area contributed by atoms with Crippen LogP contribution in [-0.2, 0) is 25.7 Å². The molecule has 23 heavy (non-hydrogen) atoms. The monoisotopic (exact) mass is 306 g/mol. The fourth-order valence-corrected chi connectivity index (χ4v) is 4.26. The number of fused-ring (bicyclic) bond motifs is 4. The predicted octanol–water partition coefficient (Wildman–Crippen LogP) is 2.74. The van der Waals surface area contributed by atoms with Crippen molar-refractivity contribution in [2.75, 3.05) is 0 Å². The Labute approximate surface area is 132 Å². The average molecular weight is 306 g/mol. The standard InChI is InChI=1S/C19H18N2O2/c22-18-10-4-1-2-6-14(10)20-16-9-13-17(8-12(16)18)21-15-7-3-5-11(15)19(13)23/h8-9H,1-7H2,(H,20,22)(H,21,23). The van der Waals surface area contributed by atoms with Gasteiger partial charge in [-0.25, -0.2) is 0 Å². The summed E-state index contributed by atoms with van der Waals surface area (Å²) >= 11 is 0. The van der Waals surface area contributed by atoms with Gasteiger partial charge >= 0.3 is 0 Å². The summed E-state index contributed by atoms with van der Waals surface area (Å²) < 4.78 is 0. The lowest BCUT2D eigenvalue weighted by Crippen LogP contribution is -2.19. The molecule has 0 saturated heterocycles. The molecule has 5 rings (SSSR count). The van der Waals surface area contributed by atoms with Crippen molar-refractivity contribution in [2.24, 2.45) is 0 Å². The first-order chi connectivity index (χ1) is 11.2. The van der Waals surface area contributed by atoms with Crippen molar-refractivity contribution in [3.63, 3.8) is 0 Å². The number of aromatic nitrogens is 2. The third-order valence-corrected chi connectivity index (χ3v) is 5.45. The lowest BCUT2D eigenvalue weighted by Gasteiger charge is -2.16. The van der Waals surface area contributed by atoms with Gasteiger partial charge in [0.1, 0.15) is 0 Å². The molecule has 0 fully saturated rings. The molecular weight excluding hydrogens is 288 g/mol. The fourth-order valence-electron chi connectivity index (χ4n) is 4.26. The maximum atomic E-state index is 12.8. The summed E-state index contributed by atoms with van der Waals surface area (Å²) in [6.07, 6.45) is 6.82. The van der Waals surface area contributed by atoms with Crippen molar-refractivity contribution in [3.8, 4) is 0 Å². The molecule has 2 heterocycles. The van der Waals surface area contributed by atoms with Crippen LogP contribution in [0.5, 0.6) is 0 Å². The van der Waals surface area contributed by atoms with Gasteiger partial charge in [-0.1, -0.05) is 0 Å². The van der Waals surface area contributed by atoms with Crippen LogP contribution in [0.4, 0.5) is 0 Å². The quantitative estimate of drug-likeness (QED) is 0.627. The second kappa shape index (κ2) is 4.57. The minimum Gasteiger partial charge on any atom is -0.358 e. The summed E-state index contributed by atoms with van der Waals surface area (Å²) in [5.41, 5.74) is 5.84. The van der Waals surface area contributed by atoms with Crippen molar-refractivity contribution in [2.45, 2.75) is 44.9 Å². The molecule has 0 saturated carbocycles. The first-order valence-corrected chi connectivity index (χ1v) is 8.48. The van der Waals surface area contributed by atoms with Crippen LogP contribution in [-0.4, -0.2) is 9.97 Å². The van der Waals surface area contributed by atoms with E-state index in [2.05, 4.69) is 9.97 Å². The van der Waals surface area contributed by atoms with Crippen molar-refractivity contribution < 1.29 is 0 Å². The summed E-state index contributed by atoms with van der Waals surface area (Å²) in [7, 11) is 0. The third kappa shape index (κ3) is 1.78. The van der Waals surface area contributed by atoms with Crippen LogP contribution >= 0.6 is 0 Å². The van der Waals surface area contributed by atoms with Gasteiger partial charge in [-0.05, 0) is 57.1 Å². The Morgan fingerprint density at radius 3 is 1.74 bits per heavy atom. The van der Waals surface area contributed by atoms with Crippen LogP contribution in [0.25, 0.3) is 21.8 Å². The molecule has 2 aromatic heterocycles. The number of benzene rings is 1. The zero-order valence-corrected chi connectivity index (χ0v) is 12.9. The average Bonchev–Trinajstić information content (AvgIpc) is 3.03. The smallest absolute Gasteiger partial charge is 0.192 e. The van der Waals surface area contributed by atoms with E-state index < -0.39 is 0 Å². The maximum absolute atomic E-state index is 12.8. The van der Waals surface area contributed by atoms with E-state index in [-0.39, 0.29) is 10.9 Å². The number of nitrogens with one attached hydrogen (secondary N) is 2. The van der Waals surface area contributed by atoms with Gasteiger partial charge in [0.05, 0.1) is 11.0 Å². The van der Waals surface area contributed by atoms with E-state index in [0.717, 1.165) is 78.5 Å². The summed E-state index contributed by atoms with van der Waals surface area (Å²) in [5.74, 6) is 0. The number of hydrogen-bond acceptors (Lipinski definition) is 2. The van der Waals surface area contributed by atoms with Crippen LogP contribution in [0.1, 0.15) is 41.8 Å². The molecule has 0 unspecified atom stereocenters. The molecule has 116 valence electrons. The highest BCUT2D eigenvalue weighted by atomic mass is 16.1. The minimum absolute atomic E-state index is 0.131. The molecule has 0 bridgehead atoms. The Hall–Kier alpha value is -2.36. The van der Waals surface area contributed by atoms with Gasteiger partial charge in [-0.3, -0.25) is 9.59 Å². The van der Waals surface area contributed by atoms with Crippen molar-refractivity contribution in [1.82, 2.24) is 9.97 Å². The Morgan fingerprint density at radius 1 is 0.652 bits per heavy atom. The first kappa shape index (κ1) is 13.1. The summed E-state index contributed by atoms with van der Waals surface area (Å²) in [4.78, 5) is 32.4. The van der Waals surface area contributed by atoms with Gasteiger partial charge in [0.2, 0.25) is 0 Å². The van der Waals surface area contributed by atoms with Crippen LogP contribution in [0.2, 0.25) is 0 Å². The molecule has 3 aromatic rings. The van der Waals surface area contributed by atoms with Crippen LogP contribution in [0.15, 0.2) is 21.7 Å². The van der Waals surface area contributed by atoms with E-state index in [0.29, 0.717) is 10.8 Å². The Balaban J connectivity index is 1.92. The number of hydrogen-bond donors (Lipinski definition) is 2. The number of rotatable bonds is 0. The van der Waals surface area contributed by atoms with Crippen molar-refractivity contribution in [3.05, 3.63) is 55.1 Å². The highest BCUT2D eigenvalue weighted by Crippen LogP contribution is 2.25. The Kier molecular flexibility index (Phi) is 2.61. The normalized spacial score (nSPS) is 16.7. The van der Waals surface area contributed by atoms with Gasteiger partial charge in [0.15, 0.2) is 10.9 Å². The van der Waals surface area contributed by atoms with Gasteiger partial charge in [0, 0.05) is 33.3 Å². The third-order valence-electron chi connectivity index (χ3n) is 5.45. The molecule has 0 atom stereocenters.